The third-order valence-corrected chi connectivity index (χ3v) is 5.72. The van der Waals surface area contributed by atoms with Gasteiger partial charge in [-0.1, -0.05) is 60.7 Å². The van der Waals surface area contributed by atoms with Crippen molar-refractivity contribution in [1.29, 1.82) is 0 Å². The SMILES string of the molecule is c1ccc(P(CCc2cocn2)c2ccccc2)cc1. The van der Waals surface area contributed by atoms with Crippen molar-refractivity contribution < 1.29 is 4.42 Å². The van der Waals surface area contributed by atoms with Gasteiger partial charge in [-0.3, -0.25) is 0 Å². The van der Waals surface area contributed by atoms with Gasteiger partial charge in [-0.25, -0.2) is 4.98 Å². The maximum atomic E-state index is 5.05. The average molecular weight is 281 g/mol. The van der Waals surface area contributed by atoms with E-state index in [1.165, 1.54) is 17.0 Å². The lowest BCUT2D eigenvalue weighted by Crippen LogP contribution is -2.14. The van der Waals surface area contributed by atoms with E-state index in [-0.39, 0.29) is 7.92 Å². The fraction of sp³-hybridized carbons (Fsp3) is 0.118. The van der Waals surface area contributed by atoms with Crippen molar-refractivity contribution in [2.24, 2.45) is 0 Å². The van der Waals surface area contributed by atoms with Crippen LogP contribution in [0.3, 0.4) is 0 Å². The summed E-state index contributed by atoms with van der Waals surface area (Å²) in [6, 6.07) is 21.5. The summed E-state index contributed by atoms with van der Waals surface area (Å²) in [6.07, 6.45) is 5.29. The third-order valence-electron chi connectivity index (χ3n) is 3.21. The van der Waals surface area contributed by atoms with Crippen LogP contribution in [0, 0.1) is 0 Å². The Bertz CT molecular complexity index is 583. The van der Waals surface area contributed by atoms with Crippen LogP contribution >= 0.6 is 7.92 Å². The van der Waals surface area contributed by atoms with Crippen LogP contribution in [0.4, 0.5) is 0 Å². The summed E-state index contributed by atoms with van der Waals surface area (Å²) in [7, 11) is -0.337. The molecule has 0 radical (unpaired) electrons. The molecule has 3 aromatic rings. The summed E-state index contributed by atoms with van der Waals surface area (Å²) in [5, 5.41) is 2.83. The second-order valence-corrected chi connectivity index (χ2v) is 6.89. The molecule has 0 fully saturated rings. The van der Waals surface area contributed by atoms with Gasteiger partial charge in [0.25, 0.3) is 0 Å². The van der Waals surface area contributed by atoms with Crippen LogP contribution < -0.4 is 10.6 Å². The maximum Gasteiger partial charge on any atom is 0.180 e. The first-order valence-corrected chi connectivity index (χ1v) is 8.21. The third kappa shape index (κ3) is 3.15. The molecule has 0 N–H and O–H groups in total. The molecule has 2 aromatic carbocycles. The molecule has 0 aliphatic heterocycles. The smallest absolute Gasteiger partial charge is 0.180 e. The van der Waals surface area contributed by atoms with Gasteiger partial charge in [0, 0.05) is 0 Å². The zero-order valence-corrected chi connectivity index (χ0v) is 12.0. The Hall–Kier alpha value is -1.92. The Labute approximate surface area is 120 Å². The van der Waals surface area contributed by atoms with E-state index < -0.39 is 0 Å². The summed E-state index contributed by atoms with van der Waals surface area (Å²) in [4.78, 5) is 4.22. The lowest BCUT2D eigenvalue weighted by atomic mass is 10.4. The molecule has 20 heavy (non-hydrogen) atoms. The van der Waals surface area contributed by atoms with Gasteiger partial charge in [-0.2, -0.15) is 0 Å². The number of aryl methyl sites for hydroxylation is 1. The molecule has 3 rings (SSSR count). The molecule has 1 heterocycles. The van der Waals surface area contributed by atoms with Gasteiger partial charge in [0.15, 0.2) is 6.39 Å². The number of hydrogen-bond donors (Lipinski definition) is 0. The molecule has 0 bridgehead atoms. The first kappa shape index (κ1) is 13.1. The van der Waals surface area contributed by atoms with Crippen LogP contribution in [0.1, 0.15) is 5.69 Å². The Morgan fingerprint density at radius 3 is 1.95 bits per heavy atom. The lowest BCUT2D eigenvalue weighted by Gasteiger charge is -2.18. The van der Waals surface area contributed by atoms with Crippen LogP contribution in [-0.4, -0.2) is 11.1 Å². The summed E-state index contributed by atoms with van der Waals surface area (Å²) < 4.78 is 5.05. The molecule has 0 spiro atoms. The Morgan fingerprint density at radius 1 is 0.850 bits per heavy atom. The summed E-state index contributed by atoms with van der Waals surface area (Å²) >= 11 is 0. The standard InChI is InChI=1S/C17H16NOP/c1-3-7-16(8-4-1)20(17-9-5-2-6-10-17)12-11-15-13-19-14-18-15/h1-10,13-14H,11-12H2. The molecule has 100 valence electrons. The molecule has 0 saturated carbocycles. The predicted molar refractivity (Wildman–Crippen MR) is 84.1 cm³/mol. The highest BCUT2D eigenvalue weighted by Gasteiger charge is 2.13. The highest BCUT2D eigenvalue weighted by atomic mass is 31.1. The summed E-state index contributed by atoms with van der Waals surface area (Å²) in [6.45, 7) is 0. The van der Waals surface area contributed by atoms with Crippen molar-refractivity contribution in [3.05, 3.63) is 79.0 Å². The first-order chi connectivity index (χ1) is 9.93. The van der Waals surface area contributed by atoms with E-state index in [2.05, 4.69) is 65.6 Å². The van der Waals surface area contributed by atoms with Gasteiger partial charge < -0.3 is 4.42 Å². The lowest BCUT2D eigenvalue weighted by molar-refractivity contribution is 0.556. The van der Waals surface area contributed by atoms with Gasteiger partial charge in [0.05, 0.1) is 5.69 Å². The van der Waals surface area contributed by atoms with Crippen molar-refractivity contribution >= 4 is 18.5 Å². The molecule has 0 amide bonds. The van der Waals surface area contributed by atoms with E-state index in [1.54, 1.807) is 6.26 Å². The molecule has 0 aliphatic rings. The minimum absolute atomic E-state index is 0.337. The predicted octanol–water partition coefficient (Wildman–Crippen LogP) is 3.35. The van der Waals surface area contributed by atoms with E-state index in [4.69, 9.17) is 4.42 Å². The van der Waals surface area contributed by atoms with Crippen LogP contribution in [0.25, 0.3) is 0 Å². The Balaban J connectivity index is 1.84. The van der Waals surface area contributed by atoms with Gasteiger partial charge in [-0.05, 0) is 31.1 Å². The van der Waals surface area contributed by atoms with Crippen molar-refractivity contribution in [3.8, 4) is 0 Å². The summed E-state index contributed by atoms with van der Waals surface area (Å²) in [5.74, 6) is 0. The second kappa shape index (κ2) is 6.49. The molecule has 0 atom stereocenters. The molecular formula is C17H16NOP. The minimum Gasteiger partial charge on any atom is -0.451 e. The number of hydrogen-bond acceptors (Lipinski definition) is 2. The molecule has 0 saturated heterocycles. The topological polar surface area (TPSA) is 26.0 Å². The number of nitrogens with zero attached hydrogens (tertiary/aromatic N) is 1. The van der Waals surface area contributed by atoms with E-state index in [1.807, 2.05) is 0 Å². The number of aromatic nitrogens is 1. The van der Waals surface area contributed by atoms with Gasteiger partial charge in [0.1, 0.15) is 6.26 Å². The van der Waals surface area contributed by atoms with Crippen molar-refractivity contribution in [2.75, 3.05) is 6.16 Å². The molecule has 1 aromatic heterocycles. The van der Waals surface area contributed by atoms with Gasteiger partial charge in [0.2, 0.25) is 0 Å². The van der Waals surface area contributed by atoms with E-state index in [0.29, 0.717) is 0 Å². The number of oxazole rings is 1. The van der Waals surface area contributed by atoms with Gasteiger partial charge >= 0.3 is 0 Å². The zero-order valence-electron chi connectivity index (χ0n) is 11.1. The van der Waals surface area contributed by atoms with Crippen LogP contribution in [-0.2, 0) is 6.42 Å². The second-order valence-electron chi connectivity index (χ2n) is 4.55. The fourth-order valence-electron chi connectivity index (χ4n) is 2.21. The normalized spacial score (nSPS) is 10.8. The van der Waals surface area contributed by atoms with E-state index in [0.717, 1.165) is 18.3 Å². The highest BCUT2D eigenvalue weighted by Crippen LogP contribution is 2.33. The fourth-order valence-corrected chi connectivity index (χ4v) is 4.54. The summed E-state index contributed by atoms with van der Waals surface area (Å²) in [5.41, 5.74) is 1.03. The van der Waals surface area contributed by atoms with Crippen LogP contribution in [0.5, 0.6) is 0 Å². The Kier molecular flexibility index (Phi) is 4.25. The van der Waals surface area contributed by atoms with Crippen molar-refractivity contribution in [2.45, 2.75) is 6.42 Å². The molecule has 3 heteroatoms. The monoisotopic (exact) mass is 281 g/mol. The highest BCUT2D eigenvalue weighted by molar-refractivity contribution is 7.73. The maximum absolute atomic E-state index is 5.05. The zero-order chi connectivity index (χ0) is 13.6. The molecule has 2 nitrogen and oxygen atoms in total. The molecule has 0 aliphatic carbocycles. The average Bonchev–Trinajstić information content (AvgIpc) is 3.03. The quantitative estimate of drug-likeness (QED) is 0.670. The van der Waals surface area contributed by atoms with Crippen LogP contribution in [0.2, 0.25) is 0 Å². The van der Waals surface area contributed by atoms with Gasteiger partial charge in [-0.15, -0.1) is 0 Å². The molecular weight excluding hydrogens is 265 g/mol. The minimum atomic E-state index is -0.337. The number of rotatable bonds is 5. The van der Waals surface area contributed by atoms with Crippen molar-refractivity contribution in [3.63, 3.8) is 0 Å². The Morgan fingerprint density at radius 2 is 1.45 bits per heavy atom. The van der Waals surface area contributed by atoms with Crippen molar-refractivity contribution in [1.82, 2.24) is 4.98 Å². The van der Waals surface area contributed by atoms with E-state index in [9.17, 15) is 0 Å². The number of benzene rings is 2. The van der Waals surface area contributed by atoms with Crippen LogP contribution in [0.15, 0.2) is 77.7 Å². The largest absolute Gasteiger partial charge is 0.451 e. The first-order valence-electron chi connectivity index (χ1n) is 6.68. The van der Waals surface area contributed by atoms with E-state index >= 15 is 0 Å². The molecule has 0 unspecified atom stereocenters.